The van der Waals surface area contributed by atoms with E-state index in [9.17, 15) is 0 Å². The third-order valence-corrected chi connectivity index (χ3v) is 2.82. The molecule has 1 fully saturated rings. The molecule has 1 saturated carbocycles. The molecule has 3 nitrogen and oxygen atoms in total. The Hall–Kier alpha value is -0.860. The van der Waals surface area contributed by atoms with Gasteiger partial charge >= 0.3 is 5.96 Å². The minimum absolute atomic E-state index is 0.520. The van der Waals surface area contributed by atoms with E-state index >= 15 is 0 Å². The normalized spacial score (nSPS) is 18.3. The molecule has 0 amide bonds. The van der Waals surface area contributed by atoms with Crippen molar-refractivity contribution in [3.05, 3.63) is 0 Å². The van der Waals surface area contributed by atoms with Crippen molar-refractivity contribution < 1.29 is 4.58 Å². The molecule has 0 heterocycles. The van der Waals surface area contributed by atoms with Crippen LogP contribution < -0.4 is 0 Å². The van der Waals surface area contributed by atoms with E-state index in [0.717, 1.165) is 0 Å². The van der Waals surface area contributed by atoms with Crippen LogP contribution in [0.25, 0.3) is 0 Å². The molecular weight excluding hydrogens is 162 g/mol. The quantitative estimate of drug-likeness (QED) is 0.372. The van der Waals surface area contributed by atoms with Crippen LogP contribution in [0.1, 0.15) is 32.1 Å². The number of hydrogen-bond donors (Lipinski definition) is 1. The van der Waals surface area contributed by atoms with Gasteiger partial charge in [-0.1, -0.05) is 19.3 Å². The molecular formula is C10H20N3+. The molecule has 0 aromatic carbocycles. The summed E-state index contributed by atoms with van der Waals surface area (Å²) in [6, 6.07) is 0.561. The van der Waals surface area contributed by atoms with Gasteiger partial charge in [-0.2, -0.15) is 0 Å². The molecule has 13 heavy (non-hydrogen) atoms. The second kappa shape index (κ2) is 4.40. The van der Waals surface area contributed by atoms with Crippen LogP contribution in [0.3, 0.4) is 0 Å². The summed E-state index contributed by atoms with van der Waals surface area (Å²) in [5, 5.41) is 7.78. The molecule has 0 atom stereocenters. The fourth-order valence-electron chi connectivity index (χ4n) is 1.91. The minimum Gasteiger partial charge on any atom is -0.262 e. The third kappa shape index (κ3) is 2.54. The number of nitrogens with zero attached hydrogens (tertiary/aromatic N) is 2. The van der Waals surface area contributed by atoms with E-state index in [-0.39, 0.29) is 0 Å². The zero-order valence-electron chi connectivity index (χ0n) is 8.71. The van der Waals surface area contributed by atoms with Crippen molar-refractivity contribution in [1.82, 2.24) is 4.90 Å². The fourth-order valence-corrected chi connectivity index (χ4v) is 1.91. The molecule has 1 N–H and O–H groups in total. The van der Waals surface area contributed by atoms with Gasteiger partial charge in [-0.3, -0.25) is 4.90 Å². The van der Waals surface area contributed by atoms with Crippen molar-refractivity contribution in [3.63, 3.8) is 0 Å². The van der Waals surface area contributed by atoms with Crippen molar-refractivity contribution >= 4 is 12.7 Å². The summed E-state index contributed by atoms with van der Waals surface area (Å²) in [7, 11) is 3.82. The average Bonchev–Trinajstić information content (AvgIpc) is 2.17. The van der Waals surface area contributed by atoms with Gasteiger partial charge in [0.25, 0.3) is 0 Å². The summed E-state index contributed by atoms with van der Waals surface area (Å²) in [5.74, 6) is 0.520. The van der Waals surface area contributed by atoms with Gasteiger partial charge < -0.3 is 0 Å². The standard InChI is InChI=1S/C10H20N3/c1-12(2)10(11)13(3)9-7-5-4-6-8-9/h9,11H,1,4-8H2,2-3H3/q+1. The molecule has 0 aromatic heterocycles. The largest absolute Gasteiger partial charge is 0.385 e. The van der Waals surface area contributed by atoms with E-state index < -0.39 is 0 Å². The highest BCUT2D eigenvalue weighted by Crippen LogP contribution is 2.21. The Balaban J connectivity index is 2.49. The van der Waals surface area contributed by atoms with Crippen LogP contribution in [0.2, 0.25) is 0 Å². The van der Waals surface area contributed by atoms with Crippen LogP contribution in [0, 0.1) is 5.41 Å². The van der Waals surface area contributed by atoms with E-state index in [1.807, 2.05) is 19.0 Å². The van der Waals surface area contributed by atoms with Crippen molar-refractivity contribution in [2.24, 2.45) is 0 Å². The summed E-state index contributed by atoms with van der Waals surface area (Å²) in [4.78, 5) is 2.05. The highest BCUT2D eigenvalue weighted by atomic mass is 15.3. The van der Waals surface area contributed by atoms with E-state index in [0.29, 0.717) is 12.0 Å². The second-order valence-electron chi connectivity index (χ2n) is 3.92. The molecule has 1 aliphatic carbocycles. The Labute approximate surface area is 80.6 Å². The van der Waals surface area contributed by atoms with Gasteiger partial charge in [0.15, 0.2) is 0 Å². The molecule has 0 saturated heterocycles. The molecule has 0 unspecified atom stereocenters. The van der Waals surface area contributed by atoms with Crippen molar-refractivity contribution in [1.29, 1.82) is 5.41 Å². The number of nitrogens with one attached hydrogen (secondary N) is 1. The molecule has 74 valence electrons. The molecule has 3 heteroatoms. The zero-order valence-corrected chi connectivity index (χ0v) is 8.71. The molecule has 1 aliphatic rings. The van der Waals surface area contributed by atoms with Crippen LogP contribution in [0.5, 0.6) is 0 Å². The van der Waals surface area contributed by atoms with Crippen LogP contribution in [-0.4, -0.2) is 42.3 Å². The monoisotopic (exact) mass is 182 g/mol. The maximum absolute atomic E-state index is 7.78. The van der Waals surface area contributed by atoms with E-state index in [1.165, 1.54) is 32.1 Å². The molecule has 1 rings (SSSR count). The van der Waals surface area contributed by atoms with Crippen LogP contribution in [0.4, 0.5) is 0 Å². The van der Waals surface area contributed by atoms with Crippen LogP contribution >= 0.6 is 0 Å². The van der Waals surface area contributed by atoms with E-state index in [1.54, 1.807) is 4.58 Å². The Bertz CT molecular complexity index is 204. The predicted molar refractivity (Wildman–Crippen MR) is 55.7 cm³/mol. The Kier molecular flexibility index (Phi) is 3.46. The summed E-state index contributed by atoms with van der Waals surface area (Å²) in [6.45, 7) is 3.72. The molecule has 0 radical (unpaired) electrons. The minimum atomic E-state index is 0.520. The van der Waals surface area contributed by atoms with Crippen molar-refractivity contribution in [2.75, 3.05) is 14.1 Å². The van der Waals surface area contributed by atoms with Crippen molar-refractivity contribution in [2.45, 2.75) is 38.1 Å². The highest BCUT2D eigenvalue weighted by molar-refractivity contribution is 5.69. The molecule has 0 spiro atoms. The fraction of sp³-hybridized carbons (Fsp3) is 0.800. The number of guanidine groups is 1. The van der Waals surface area contributed by atoms with Gasteiger partial charge in [0.1, 0.15) is 0 Å². The second-order valence-corrected chi connectivity index (χ2v) is 3.92. The summed E-state index contributed by atoms with van der Waals surface area (Å²) >= 11 is 0. The lowest BCUT2D eigenvalue weighted by Gasteiger charge is -2.27. The lowest BCUT2D eigenvalue weighted by atomic mass is 9.95. The smallest absolute Gasteiger partial charge is 0.262 e. The van der Waals surface area contributed by atoms with Gasteiger partial charge in [-0.15, -0.1) is 5.41 Å². The highest BCUT2D eigenvalue weighted by Gasteiger charge is 2.25. The third-order valence-electron chi connectivity index (χ3n) is 2.82. The van der Waals surface area contributed by atoms with Gasteiger partial charge in [0.2, 0.25) is 0 Å². The molecule has 0 aromatic rings. The first kappa shape index (κ1) is 10.2. The first-order chi connectivity index (χ1) is 6.13. The van der Waals surface area contributed by atoms with Gasteiger partial charge in [0, 0.05) is 6.72 Å². The van der Waals surface area contributed by atoms with Crippen LogP contribution in [-0.2, 0) is 0 Å². The first-order valence-electron chi connectivity index (χ1n) is 4.98. The average molecular weight is 182 g/mol. The van der Waals surface area contributed by atoms with Crippen molar-refractivity contribution in [3.8, 4) is 0 Å². The Morgan fingerprint density at radius 1 is 1.38 bits per heavy atom. The van der Waals surface area contributed by atoms with Gasteiger partial charge in [0.05, 0.1) is 20.1 Å². The van der Waals surface area contributed by atoms with E-state index in [2.05, 4.69) is 6.72 Å². The van der Waals surface area contributed by atoms with Crippen LogP contribution in [0.15, 0.2) is 0 Å². The summed E-state index contributed by atoms with van der Waals surface area (Å²) in [5.41, 5.74) is 0. The topological polar surface area (TPSA) is 30.1 Å². The number of rotatable bonds is 1. The Morgan fingerprint density at radius 2 is 1.92 bits per heavy atom. The summed E-state index contributed by atoms with van der Waals surface area (Å²) < 4.78 is 1.62. The maximum atomic E-state index is 7.78. The number of hydrogen-bond acceptors (Lipinski definition) is 1. The first-order valence-corrected chi connectivity index (χ1v) is 4.98. The van der Waals surface area contributed by atoms with Gasteiger partial charge in [-0.25, -0.2) is 4.58 Å². The SMILES string of the molecule is C=[N+](C)C(=N)N(C)C1CCCCC1. The van der Waals surface area contributed by atoms with Gasteiger partial charge in [-0.05, 0) is 12.8 Å². The van der Waals surface area contributed by atoms with E-state index in [4.69, 9.17) is 5.41 Å². The molecule has 0 aliphatic heterocycles. The zero-order chi connectivity index (χ0) is 9.84. The lowest BCUT2D eigenvalue weighted by Crippen LogP contribution is -2.42. The Morgan fingerprint density at radius 3 is 2.38 bits per heavy atom. The predicted octanol–water partition coefficient (Wildman–Crippen LogP) is 1.53. The summed E-state index contributed by atoms with van der Waals surface area (Å²) in [6.07, 6.45) is 6.43. The maximum Gasteiger partial charge on any atom is 0.385 e. The molecule has 0 bridgehead atoms. The lowest BCUT2D eigenvalue weighted by molar-refractivity contribution is -0.376.